The van der Waals surface area contributed by atoms with Crippen molar-refractivity contribution in [2.45, 2.75) is 45.1 Å². The maximum Gasteiger partial charge on any atom is 0.411 e. The van der Waals surface area contributed by atoms with Gasteiger partial charge in [0.25, 0.3) is 0 Å². The molecule has 0 radical (unpaired) electrons. The Morgan fingerprint density at radius 2 is 1.84 bits per heavy atom. The third kappa shape index (κ3) is 4.81. The van der Waals surface area contributed by atoms with E-state index >= 15 is 0 Å². The average Bonchev–Trinajstić information content (AvgIpc) is 2.62. The van der Waals surface area contributed by atoms with Crippen molar-refractivity contribution in [1.29, 1.82) is 0 Å². The molecule has 0 atom stereocenters. The molecule has 1 aliphatic rings. The summed E-state index contributed by atoms with van der Waals surface area (Å²) in [5.74, 6) is 0.773. The minimum absolute atomic E-state index is 0.188. The zero-order valence-corrected chi connectivity index (χ0v) is 14.5. The second-order valence-electron chi connectivity index (χ2n) is 6.88. The van der Waals surface area contributed by atoms with Crippen molar-refractivity contribution in [1.82, 2.24) is 0 Å². The van der Waals surface area contributed by atoms with E-state index in [0.29, 0.717) is 5.69 Å². The standard InChI is InChI=1S/C21H24FNO2/c1-15-7-9-17(10-8-15)19-12-11-18(13-20(19)22)23-21(24)25-14-16-5-3-2-4-6-16/h2-6,11-13,15,17H,7-10,14H2,1H3,(H,23,24). The molecule has 1 saturated carbocycles. The SMILES string of the molecule is CC1CCC(c2ccc(NC(=O)OCc3ccccc3)cc2F)CC1. The van der Waals surface area contributed by atoms with Crippen molar-refractivity contribution in [3.63, 3.8) is 0 Å². The number of carbonyl (C=O) groups is 1. The van der Waals surface area contributed by atoms with Crippen LogP contribution in [-0.2, 0) is 11.3 Å². The molecule has 0 unspecified atom stereocenters. The van der Waals surface area contributed by atoms with Gasteiger partial charge in [0.2, 0.25) is 0 Å². The highest BCUT2D eigenvalue weighted by atomic mass is 19.1. The van der Waals surface area contributed by atoms with E-state index in [0.717, 1.165) is 42.7 Å². The molecule has 0 bridgehead atoms. The predicted molar refractivity (Wildman–Crippen MR) is 97.0 cm³/mol. The van der Waals surface area contributed by atoms with Gasteiger partial charge in [0.05, 0.1) is 0 Å². The van der Waals surface area contributed by atoms with Crippen LogP contribution in [0, 0.1) is 11.7 Å². The Balaban J connectivity index is 1.56. The summed E-state index contributed by atoms with van der Waals surface area (Å²) in [7, 11) is 0. The zero-order valence-electron chi connectivity index (χ0n) is 14.5. The summed E-state index contributed by atoms with van der Waals surface area (Å²) in [5.41, 5.74) is 2.09. The largest absolute Gasteiger partial charge is 0.444 e. The number of anilines is 1. The molecular formula is C21H24FNO2. The molecule has 1 N–H and O–H groups in total. The minimum atomic E-state index is -0.581. The fourth-order valence-corrected chi connectivity index (χ4v) is 3.38. The van der Waals surface area contributed by atoms with Crippen LogP contribution in [0.1, 0.15) is 49.7 Å². The lowest BCUT2D eigenvalue weighted by molar-refractivity contribution is 0.155. The lowest BCUT2D eigenvalue weighted by Gasteiger charge is -2.26. The summed E-state index contributed by atoms with van der Waals surface area (Å²) >= 11 is 0. The van der Waals surface area contributed by atoms with Gasteiger partial charge in [-0.05, 0) is 47.9 Å². The molecule has 3 nitrogen and oxygen atoms in total. The van der Waals surface area contributed by atoms with E-state index in [9.17, 15) is 9.18 Å². The number of ether oxygens (including phenoxy) is 1. The molecule has 4 heteroatoms. The van der Waals surface area contributed by atoms with Gasteiger partial charge < -0.3 is 4.74 Å². The highest BCUT2D eigenvalue weighted by molar-refractivity contribution is 5.84. The number of rotatable bonds is 4. The maximum absolute atomic E-state index is 14.4. The summed E-state index contributed by atoms with van der Waals surface area (Å²) in [5, 5.41) is 2.59. The summed E-state index contributed by atoms with van der Waals surface area (Å²) in [4.78, 5) is 11.9. The van der Waals surface area contributed by atoms with E-state index in [1.165, 1.54) is 6.07 Å². The molecule has 1 aliphatic carbocycles. The van der Waals surface area contributed by atoms with E-state index in [2.05, 4.69) is 12.2 Å². The lowest BCUT2D eigenvalue weighted by Crippen LogP contribution is -2.15. The maximum atomic E-state index is 14.4. The molecule has 0 saturated heterocycles. The molecule has 0 aromatic heterocycles. The first-order valence-electron chi connectivity index (χ1n) is 8.89. The Hall–Kier alpha value is -2.36. The normalized spacial score (nSPS) is 20.1. The number of carbonyl (C=O) groups excluding carboxylic acids is 1. The monoisotopic (exact) mass is 341 g/mol. The van der Waals surface area contributed by atoms with Crippen molar-refractivity contribution in [3.05, 3.63) is 65.5 Å². The van der Waals surface area contributed by atoms with Gasteiger partial charge in [-0.1, -0.05) is 56.2 Å². The van der Waals surface area contributed by atoms with Crippen molar-refractivity contribution in [2.24, 2.45) is 5.92 Å². The number of hydrogen-bond donors (Lipinski definition) is 1. The van der Waals surface area contributed by atoms with E-state index in [-0.39, 0.29) is 18.3 Å². The smallest absolute Gasteiger partial charge is 0.411 e. The summed E-state index contributed by atoms with van der Waals surface area (Å²) in [6, 6.07) is 14.4. The van der Waals surface area contributed by atoms with E-state index in [1.807, 2.05) is 30.3 Å². The lowest BCUT2D eigenvalue weighted by atomic mass is 9.79. The van der Waals surface area contributed by atoms with Gasteiger partial charge in [0.1, 0.15) is 12.4 Å². The number of nitrogens with one attached hydrogen (secondary N) is 1. The molecule has 1 fully saturated rings. The topological polar surface area (TPSA) is 38.3 Å². The fraction of sp³-hybridized carbons (Fsp3) is 0.381. The van der Waals surface area contributed by atoms with Gasteiger partial charge >= 0.3 is 6.09 Å². The Labute approximate surface area is 148 Å². The fourth-order valence-electron chi connectivity index (χ4n) is 3.38. The summed E-state index contributed by atoms with van der Waals surface area (Å²) < 4.78 is 19.6. The van der Waals surface area contributed by atoms with Gasteiger partial charge in [-0.15, -0.1) is 0 Å². The van der Waals surface area contributed by atoms with Crippen LogP contribution in [0.25, 0.3) is 0 Å². The Morgan fingerprint density at radius 3 is 2.52 bits per heavy atom. The molecular weight excluding hydrogens is 317 g/mol. The first-order valence-corrected chi connectivity index (χ1v) is 8.89. The van der Waals surface area contributed by atoms with Crippen LogP contribution < -0.4 is 5.32 Å². The molecule has 2 aromatic rings. The highest BCUT2D eigenvalue weighted by Gasteiger charge is 2.22. The van der Waals surface area contributed by atoms with Gasteiger partial charge in [-0.3, -0.25) is 5.32 Å². The molecule has 0 aliphatic heterocycles. The van der Waals surface area contributed by atoms with Gasteiger partial charge in [0, 0.05) is 5.69 Å². The van der Waals surface area contributed by atoms with Crippen LogP contribution in [0.4, 0.5) is 14.9 Å². The van der Waals surface area contributed by atoms with E-state index in [1.54, 1.807) is 12.1 Å². The Kier molecular flexibility index (Phi) is 5.69. The van der Waals surface area contributed by atoms with Crippen molar-refractivity contribution in [2.75, 3.05) is 5.32 Å². The number of amides is 1. The van der Waals surface area contributed by atoms with E-state index in [4.69, 9.17) is 4.74 Å². The van der Waals surface area contributed by atoms with Gasteiger partial charge in [-0.2, -0.15) is 0 Å². The molecule has 132 valence electrons. The van der Waals surface area contributed by atoms with Crippen LogP contribution in [0.5, 0.6) is 0 Å². The van der Waals surface area contributed by atoms with Crippen LogP contribution in [-0.4, -0.2) is 6.09 Å². The number of hydrogen-bond acceptors (Lipinski definition) is 2. The molecule has 3 rings (SSSR count). The number of halogens is 1. The highest BCUT2D eigenvalue weighted by Crippen LogP contribution is 2.37. The van der Waals surface area contributed by atoms with E-state index < -0.39 is 6.09 Å². The van der Waals surface area contributed by atoms with Crippen molar-refractivity contribution >= 4 is 11.8 Å². The van der Waals surface area contributed by atoms with Crippen molar-refractivity contribution < 1.29 is 13.9 Å². The molecule has 1 amide bonds. The van der Waals surface area contributed by atoms with Crippen LogP contribution in [0.15, 0.2) is 48.5 Å². The number of benzene rings is 2. The van der Waals surface area contributed by atoms with Crippen LogP contribution >= 0.6 is 0 Å². The molecule has 2 aromatic carbocycles. The third-order valence-corrected chi connectivity index (χ3v) is 4.92. The molecule has 25 heavy (non-hydrogen) atoms. The summed E-state index contributed by atoms with van der Waals surface area (Å²) in [6.45, 7) is 2.44. The third-order valence-electron chi connectivity index (χ3n) is 4.92. The minimum Gasteiger partial charge on any atom is -0.444 e. The summed E-state index contributed by atoms with van der Waals surface area (Å²) in [6.07, 6.45) is 3.78. The Bertz CT molecular complexity index is 709. The quantitative estimate of drug-likeness (QED) is 0.755. The second-order valence-corrected chi connectivity index (χ2v) is 6.88. The first kappa shape index (κ1) is 17.5. The van der Waals surface area contributed by atoms with Crippen LogP contribution in [0.2, 0.25) is 0 Å². The predicted octanol–water partition coefficient (Wildman–Crippen LogP) is 5.87. The molecule has 0 spiro atoms. The van der Waals surface area contributed by atoms with Crippen LogP contribution in [0.3, 0.4) is 0 Å². The first-order chi connectivity index (χ1) is 12.1. The van der Waals surface area contributed by atoms with Gasteiger partial charge in [-0.25, -0.2) is 9.18 Å². The molecule has 0 heterocycles. The average molecular weight is 341 g/mol. The van der Waals surface area contributed by atoms with Gasteiger partial charge in [0.15, 0.2) is 0 Å². The zero-order chi connectivity index (χ0) is 17.6. The Morgan fingerprint density at radius 1 is 1.12 bits per heavy atom. The van der Waals surface area contributed by atoms with Crippen molar-refractivity contribution in [3.8, 4) is 0 Å². The second kappa shape index (κ2) is 8.15.